The fourth-order valence-corrected chi connectivity index (χ4v) is 0.930. The van der Waals surface area contributed by atoms with E-state index in [-0.39, 0.29) is 5.88 Å². The van der Waals surface area contributed by atoms with E-state index in [2.05, 4.69) is 26.9 Å². The molecule has 0 aliphatic rings. The average Bonchev–Trinajstić information content (AvgIpc) is 2.27. The van der Waals surface area contributed by atoms with E-state index in [9.17, 15) is 13.2 Å². The zero-order valence-corrected chi connectivity index (χ0v) is 9.14. The lowest BCUT2D eigenvalue weighted by atomic mass is 10.3. The van der Waals surface area contributed by atoms with Gasteiger partial charge in [0.1, 0.15) is 0 Å². The van der Waals surface area contributed by atoms with Crippen molar-refractivity contribution in [1.29, 1.82) is 0 Å². The summed E-state index contributed by atoms with van der Waals surface area (Å²) in [6.45, 7) is -0.808. The van der Waals surface area contributed by atoms with Crippen molar-refractivity contribution >= 4 is 0 Å². The smallest absolute Gasteiger partial charge is 0.422 e. The quantitative estimate of drug-likeness (QED) is 0.820. The molecule has 0 radical (unpaired) electrons. The van der Waals surface area contributed by atoms with Crippen LogP contribution in [0.1, 0.15) is 5.56 Å². The molecule has 0 aliphatic heterocycles. The summed E-state index contributed by atoms with van der Waals surface area (Å²) < 4.78 is 40.0. The van der Waals surface area contributed by atoms with Crippen molar-refractivity contribution in [2.75, 3.05) is 20.2 Å². The van der Waals surface area contributed by atoms with Crippen LogP contribution in [0.15, 0.2) is 18.3 Å². The van der Waals surface area contributed by atoms with Crippen molar-refractivity contribution in [2.24, 2.45) is 0 Å². The SMILES string of the molecule is CNCC#Cc1ccc(OCC(F)(F)F)nc1. The molecule has 0 atom stereocenters. The Labute approximate surface area is 97.0 Å². The van der Waals surface area contributed by atoms with E-state index in [4.69, 9.17) is 0 Å². The number of halogens is 3. The molecule has 0 bridgehead atoms. The fourth-order valence-electron chi connectivity index (χ4n) is 0.930. The fraction of sp³-hybridized carbons (Fsp3) is 0.364. The van der Waals surface area contributed by atoms with Gasteiger partial charge in [0, 0.05) is 17.8 Å². The van der Waals surface area contributed by atoms with Gasteiger partial charge in [0.2, 0.25) is 5.88 Å². The highest BCUT2D eigenvalue weighted by atomic mass is 19.4. The van der Waals surface area contributed by atoms with E-state index in [1.54, 1.807) is 13.1 Å². The zero-order valence-electron chi connectivity index (χ0n) is 9.14. The van der Waals surface area contributed by atoms with E-state index in [0.717, 1.165) is 0 Å². The Morgan fingerprint density at radius 1 is 1.41 bits per heavy atom. The minimum atomic E-state index is -4.35. The number of hydrogen-bond donors (Lipinski definition) is 1. The Kier molecular flexibility index (Phi) is 4.79. The Morgan fingerprint density at radius 2 is 2.18 bits per heavy atom. The predicted molar refractivity (Wildman–Crippen MR) is 56.6 cm³/mol. The van der Waals surface area contributed by atoms with Gasteiger partial charge >= 0.3 is 6.18 Å². The van der Waals surface area contributed by atoms with Crippen LogP contribution in [0.4, 0.5) is 13.2 Å². The molecule has 0 amide bonds. The number of pyridine rings is 1. The molecule has 1 aromatic heterocycles. The summed E-state index contributed by atoms with van der Waals surface area (Å²) >= 11 is 0. The zero-order chi connectivity index (χ0) is 12.7. The lowest BCUT2D eigenvalue weighted by Crippen LogP contribution is -2.19. The maximum absolute atomic E-state index is 11.8. The Balaban J connectivity index is 2.54. The van der Waals surface area contributed by atoms with Crippen LogP contribution in [0.3, 0.4) is 0 Å². The molecule has 0 unspecified atom stereocenters. The molecule has 0 aliphatic carbocycles. The van der Waals surface area contributed by atoms with Crippen LogP contribution in [-0.4, -0.2) is 31.4 Å². The van der Waals surface area contributed by atoms with Crippen LogP contribution in [0, 0.1) is 11.8 Å². The third-order valence-corrected chi connectivity index (χ3v) is 1.62. The first kappa shape index (κ1) is 13.3. The number of hydrogen-bond acceptors (Lipinski definition) is 3. The van der Waals surface area contributed by atoms with E-state index < -0.39 is 12.8 Å². The Bertz CT molecular complexity index is 403. The highest BCUT2D eigenvalue weighted by Gasteiger charge is 2.28. The normalized spacial score (nSPS) is 10.6. The van der Waals surface area contributed by atoms with Gasteiger partial charge in [0.25, 0.3) is 0 Å². The summed E-state index contributed by atoms with van der Waals surface area (Å²) in [5.41, 5.74) is 0.625. The van der Waals surface area contributed by atoms with E-state index in [1.807, 2.05) is 0 Å². The molecular formula is C11H11F3N2O. The van der Waals surface area contributed by atoms with Crippen molar-refractivity contribution < 1.29 is 17.9 Å². The highest BCUT2D eigenvalue weighted by Crippen LogP contribution is 2.16. The molecule has 1 N–H and O–H groups in total. The van der Waals surface area contributed by atoms with Crippen molar-refractivity contribution in [3.63, 3.8) is 0 Å². The monoisotopic (exact) mass is 244 g/mol. The van der Waals surface area contributed by atoms with Crippen LogP contribution >= 0.6 is 0 Å². The molecule has 0 aromatic carbocycles. The van der Waals surface area contributed by atoms with Crippen LogP contribution in [0.25, 0.3) is 0 Å². The molecular weight excluding hydrogens is 233 g/mol. The summed E-state index contributed by atoms with van der Waals surface area (Å²) in [5, 5.41) is 2.84. The largest absolute Gasteiger partial charge is 0.468 e. The maximum atomic E-state index is 11.8. The number of ether oxygens (including phenoxy) is 1. The summed E-state index contributed by atoms with van der Waals surface area (Å²) in [6, 6.07) is 2.91. The molecule has 0 saturated carbocycles. The number of nitrogens with one attached hydrogen (secondary N) is 1. The molecule has 17 heavy (non-hydrogen) atoms. The summed E-state index contributed by atoms with van der Waals surface area (Å²) in [4.78, 5) is 3.72. The third kappa shape index (κ3) is 5.78. The maximum Gasteiger partial charge on any atom is 0.422 e. The first-order chi connectivity index (χ1) is 8.01. The van der Waals surface area contributed by atoms with Gasteiger partial charge in [-0.1, -0.05) is 11.8 Å². The second-order valence-electron chi connectivity index (χ2n) is 3.12. The highest BCUT2D eigenvalue weighted by molar-refractivity contribution is 5.33. The predicted octanol–water partition coefficient (Wildman–Crippen LogP) is 1.59. The molecule has 1 heterocycles. The standard InChI is InChI=1S/C11H11F3N2O/c1-15-6-2-3-9-4-5-10(16-7-9)17-8-11(12,13)14/h4-5,7,15H,6,8H2,1H3. The summed E-state index contributed by atoms with van der Waals surface area (Å²) in [6.07, 6.45) is -2.98. The lowest BCUT2D eigenvalue weighted by molar-refractivity contribution is -0.154. The lowest BCUT2D eigenvalue weighted by Gasteiger charge is -2.07. The van der Waals surface area contributed by atoms with Gasteiger partial charge in [-0.2, -0.15) is 13.2 Å². The minimum absolute atomic E-state index is 0.0681. The average molecular weight is 244 g/mol. The van der Waals surface area contributed by atoms with Crippen LogP contribution in [-0.2, 0) is 0 Å². The number of aromatic nitrogens is 1. The molecule has 0 saturated heterocycles. The van der Waals surface area contributed by atoms with Crippen molar-refractivity contribution in [3.05, 3.63) is 23.9 Å². The third-order valence-electron chi connectivity index (χ3n) is 1.62. The van der Waals surface area contributed by atoms with Gasteiger partial charge in [0.15, 0.2) is 6.61 Å². The van der Waals surface area contributed by atoms with Crippen molar-refractivity contribution in [2.45, 2.75) is 6.18 Å². The molecule has 1 rings (SSSR count). The topological polar surface area (TPSA) is 34.1 Å². The Morgan fingerprint density at radius 3 is 2.71 bits per heavy atom. The van der Waals surface area contributed by atoms with E-state index in [0.29, 0.717) is 12.1 Å². The molecule has 0 fully saturated rings. The number of nitrogens with zero attached hydrogens (tertiary/aromatic N) is 1. The van der Waals surface area contributed by atoms with Crippen molar-refractivity contribution in [1.82, 2.24) is 10.3 Å². The van der Waals surface area contributed by atoms with Gasteiger partial charge < -0.3 is 10.1 Å². The number of alkyl halides is 3. The summed E-state index contributed by atoms with van der Waals surface area (Å²) in [7, 11) is 1.76. The van der Waals surface area contributed by atoms with E-state index in [1.165, 1.54) is 12.3 Å². The van der Waals surface area contributed by atoms with Crippen LogP contribution < -0.4 is 10.1 Å². The van der Waals surface area contributed by atoms with Crippen LogP contribution in [0.5, 0.6) is 5.88 Å². The van der Waals surface area contributed by atoms with Gasteiger partial charge in [-0.25, -0.2) is 4.98 Å². The van der Waals surface area contributed by atoms with Crippen molar-refractivity contribution in [3.8, 4) is 17.7 Å². The van der Waals surface area contributed by atoms with E-state index >= 15 is 0 Å². The molecule has 1 aromatic rings. The first-order valence-corrected chi connectivity index (χ1v) is 4.80. The van der Waals surface area contributed by atoms with Crippen LogP contribution in [0.2, 0.25) is 0 Å². The number of rotatable bonds is 3. The molecule has 6 heteroatoms. The van der Waals surface area contributed by atoms with Gasteiger partial charge in [0.05, 0.1) is 6.54 Å². The molecule has 3 nitrogen and oxygen atoms in total. The molecule has 0 spiro atoms. The van der Waals surface area contributed by atoms with Gasteiger partial charge in [-0.3, -0.25) is 0 Å². The second kappa shape index (κ2) is 6.11. The Hall–Kier alpha value is -1.74. The minimum Gasteiger partial charge on any atom is -0.468 e. The van der Waals surface area contributed by atoms with Gasteiger partial charge in [-0.15, -0.1) is 0 Å². The second-order valence-corrected chi connectivity index (χ2v) is 3.12. The summed E-state index contributed by atoms with van der Waals surface area (Å²) in [5.74, 6) is 5.53. The van der Waals surface area contributed by atoms with Gasteiger partial charge in [-0.05, 0) is 13.1 Å². The first-order valence-electron chi connectivity index (χ1n) is 4.80. The molecule has 92 valence electrons.